The second-order valence-electron chi connectivity index (χ2n) is 7.01. The number of H-pyrrole nitrogens is 1. The van der Waals surface area contributed by atoms with E-state index in [1.165, 1.54) is 4.31 Å². The van der Waals surface area contributed by atoms with Crippen LogP contribution in [0.15, 0.2) is 54.8 Å². The van der Waals surface area contributed by atoms with Gasteiger partial charge in [-0.25, -0.2) is 8.42 Å². The van der Waals surface area contributed by atoms with Gasteiger partial charge in [0.15, 0.2) is 0 Å². The Hall–Kier alpha value is -3.86. The fraction of sp³-hybridized carbons (Fsp3) is 0.150. The second kappa shape index (κ2) is 7.13. The SMILES string of the molecule is C=CS(=O)(=O)N1CCc2c(Oc3nc(Nc4cnn(C)c4)nc4[nH]ccc34)cccc21. The smallest absolute Gasteiger partial charge is 0.256 e. The molecular weight excluding hydrogens is 418 g/mol. The number of nitrogens with one attached hydrogen (secondary N) is 2. The van der Waals surface area contributed by atoms with E-state index in [1.807, 2.05) is 19.3 Å². The molecule has 0 saturated carbocycles. The maximum Gasteiger partial charge on any atom is 0.256 e. The molecule has 0 atom stereocenters. The van der Waals surface area contributed by atoms with E-state index in [-0.39, 0.29) is 0 Å². The van der Waals surface area contributed by atoms with Crippen LogP contribution in [0.25, 0.3) is 11.0 Å². The van der Waals surface area contributed by atoms with Crippen LogP contribution < -0.4 is 14.4 Å². The monoisotopic (exact) mass is 437 g/mol. The summed E-state index contributed by atoms with van der Waals surface area (Å²) in [5.41, 5.74) is 2.74. The Morgan fingerprint density at radius 1 is 1.29 bits per heavy atom. The van der Waals surface area contributed by atoms with Gasteiger partial charge in [0.05, 0.1) is 23.0 Å². The number of benzene rings is 1. The Kier molecular flexibility index (Phi) is 4.40. The number of aryl methyl sites for hydroxylation is 1. The molecule has 11 heteroatoms. The molecule has 4 aromatic rings. The number of hydrogen-bond donors (Lipinski definition) is 2. The molecule has 0 radical (unpaired) electrons. The zero-order valence-electron chi connectivity index (χ0n) is 16.6. The topological polar surface area (TPSA) is 118 Å². The van der Waals surface area contributed by atoms with Gasteiger partial charge >= 0.3 is 0 Å². The van der Waals surface area contributed by atoms with Crippen molar-refractivity contribution < 1.29 is 13.2 Å². The predicted molar refractivity (Wildman–Crippen MR) is 117 cm³/mol. The van der Waals surface area contributed by atoms with Crippen molar-refractivity contribution in [2.24, 2.45) is 7.05 Å². The molecule has 1 aromatic carbocycles. The number of sulfonamides is 1. The quantitative estimate of drug-likeness (QED) is 0.476. The van der Waals surface area contributed by atoms with Crippen LogP contribution in [0.1, 0.15) is 5.56 Å². The molecule has 1 aliphatic rings. The Bertz CT molecular complexity index is 1410. The van der Waals surface area contributed by atoms with E-state index in [1.54, 1.807) is 35.3 Å². The fourth-order valence-electron chi connectivity index (χ4n) is 3.59. The van der Waals surface area contributed by atoms with Crippen LogP contribution in [0, 0.1) is 0 Å². The summed E-state index contributed by atoms with van der Waals surface area (Å²) in [5, 5.41) is 8.91. The summed E-state index contributed by atoms with van der Waals surface area (Å²) >= 11 is 0. The molecule has 10 nitrogen and oxygen atoms in total. The van der Waals surface area contributed by atoms with Gasteiger partial charge in [0.25, 0.3) is 10.0 Å². The first-order valence-electron chi connectivity index (χ1n) is 9.50. The van der Waals surface area contributed by atoms with Crippen LogP contribution in [0.4, 0.5) is 17.3 Å². The Morgan fingerprint density at radius 3 is 2.94 bits per heavy atom. The first kappa shape index (κ1) is 19.1. The van der Waals surface area contributed by atoms with E-state index >= 15 is 0 Å². The van der Waals surface area contributed by atoms with E-state index in [9.17, 15) is 8.42 Å². The number of nitrogens with zero attached hydrogens (tertiary/aromatic N) is 5. The van der Waals surface area contributed by atoms with Crippen molar-refractivity contribution in [2.75, 3.05) is 16.2 Å². The maximum atomic E-state index is 12.3. The fourth-order valence-corrected chi connectivity index (χ4v) is 4.56. The first-order chi connectivity index (χ1) is 14.9. The minimum absolute atomic E-state index is 0.335. The Labute approximate surface area is 178 Å². The van der Waals surface area contributed by atoms with E-state index in [2.05, 4.69) is 31.9 Å². The maximum absolute atomic E-state index is 12.3. The lowest BCUT2D eigenvalue weighted by Crippen LogP contribution is -2.26. The lowest BCUT2D eigenvalue weighted by atomic mass is 10.1. The van der Waals surface area contributed by atoms with Gasteiger partial charge in [-0.2, -0.15) is 15.1 Å². The normalized spacial score (nSPS) is 13.4. The van der Waals surface area contributed by atoms with Crippen LogP contribution >= 0.6 is 0 Å². The zero-order chi connectivity index (χ0) is 21.6. The van der Waals surface area contributed by atoms with E-state index < -0.39 is 10.0 Å². The van der Waals surface area contributed by atoms with Crippen molar-refractivity contribution in [3.8, 4) is 11.6 Å². The molecule has 0 spiro atoms. The van der Waals surface area contributed by atoms with Gasteiger partial charge in [-0.1, -0.05) is 12.6 Å². The number of anilines is 3. The van der Waals surface area contributed by atoms with E-state index in [4.69, 9.17) is 4.74 Å². The van der Waals surface area contributed by atoms with Crippen LogP contribution in [0.3, 0.4) is 0 Å². The molecule has 3 aromatic heterocycles. The third-order valence-electron chi connectivity index (χ3n) is 5.01. The third kappa shape index (κ3) is 3.38. The Balaban J connectivity index is 1.53. The van der Waals surface area contributed by atoms with E-state index in [0.717, 1.165) is 16.7 Å². The highest BCUT2D eigenvalue weighted by Gasteiger charge is 2.30. The number of aromatic amines is 1. The largest absolute Gasteiger partial charge is 0.438 e. The van der Waals surface area contributed by atoms with Gasteiger partial charge < -0.3 is 15.0 Å². The molecule has 0 bridgehead atoms. The van der Waals surface area contributed by atoms with Gasteiger partial charge in [-0.05, 0) is 24.6 Å². The van der Waals surface area contributed by atoms with Crippen LogP contribution in [0.2, 0.25) is 0 Å². The van der Waals surface area contributed by atoms with Crippen molar-refractivity contribution in [3.63, 3.8) is 0 Å². The highest BCUT2D eigenvalue weighted by Crippen LogP contribution is 2.39. The molecule has 0 saturated heterocycles. The number of ether oxygens (including phenoxy) is 1. The van der Waals surface area contributed by atoms with Crippen molar-refractivity contribution in [3.05, 3.63) is 60.4 Å². The predicted octanol–water partition coefficient (Wildman–Crippen LogP) is 3.06. The molecule has 4 heterocycles. The minimum Gasteiger partial charge on any atom is -0.438 e. The first-order valence-corrected chi connectivity index (χ1v) is 11.0. The summed E-state index contributed by atoms with van der Waals surface area (Å²) < 4.78 is 33.8. The van der Waals surface area contributed by atoms with Crippen molar-refractivity contribution >= 4 is 38.4 Å². The molecule has 31 heavy (non-hydrogen) atoms. The summed E-state index contributed by atoms with van der Waals surface area (Å²) in [4.78, 5) is 12.1. The molecule has 0 unspecified atom stereocenters. The third-order valence-corrected chi connectivity index (χ3v) is 6.42. The highest BCUT2D eigenvalue weighted by molar-refractivity contribution is 7.95. The van der Waals surface area contributed by atoms with Crippen LogP contribution in [-0.4, -0.2) is 39.7 Å². The molecule has 158 valence electrons. The summed E-state index contributed by atoms with van der Waals surface area (Å²) in [6.07, 6.45) is 5.76. The number of hydrogen-bond acceptors (Lipinski definition) is 7. The van der Waals surface area contributed by atoms with Crippen molar-refractivity contribution in [1.82, 2.24) is 24.7 Å². The number of aromatic nitrogens is 5. The average molecular weight is 437 g/mol. The average Bonchev–Trinajstić information content (AvgIpc) is 3.48. The highest BCUT2D eigenvalue weighted by atomic mass is 32.2. The molecule has 0 fully saturated rings. The summed E-state index contributed by atoms with van der Waals surface area (Å²) in [7, 11) is -1.75. The molecule has 0 aliphatic carbocycles. The molecule has 2 N–H and O–H groups in total. The van der Waals surface area contributed by atoms with Gasteiger partial charge in [-0.15, -0.1) is 0 Å². The zero-order valence-corrected chi connectivity index (χ0v) is 17.4. The lowest BCUT2D eigenvalue weighted by Gasteiger charge is -2.17. The molecule has 0 amide bonds. The number of rotatable bonds is 6. The summed E-state index contributed by atoms with van der Waals surface area (Å²) in [6, 6.07) is 7.15. The summed E-state index contributed by atoms with van der Waals surface area (Å²) in [5.74, 6) is 1.25. The van der Waals surface area contributed by atoms with Crippen molar-refractivity contribution in [2.45, 2.75) is 6.42 Å². The van der Waals surface area contributed by atoms with Gasteiger partial charge in [-0.3, -0.25) is 8.99 Å². The van der Waals surface area contributed by atoms with Gasteiger partial charge in [0.1, 0.15) is 11.4 Å². The van der Waals surface area contributed by atoms with Gasteiger partial charge in [0, 0.05) is 37.0 Å². The minimum atomic E-state index is -3.57. The lowest BCUT2D eigenvalue weighted by molar-refractivity contribution is 0.465. The van der Waals surface area contributed by atoms with E-state index in [0.29, 0.717) is 47.3 Å². The van der Waals surface area contributed by atoms with Crippen LogP contribution in [0.5, 0.6) is 11.6 Å². The molecule has 1 aliphatic heterocycles. The molecular formula is C20H19N7O3S. The van der Waals surface area contributed by atoms with Gasteiger partial charge in [0.2, 0.25) is 11.8 Å². The molecule has 5 rings (SSSR count). The summed E-state index contributed by atoms with van der Waals surface area (Å²) in [6.45, 7) is 3.75. The number of fused-ring (bicyclic) bond motifs is 2. The standard InChI is InChI=1S/C20H19N7O3S/c1-3-31(28,29)27-10-8-14-16(27)5-4-6-17(14)30-19-15-7-9-21-18(15)24-20(25-19)23-13-11-22-26(2)12-13/h3-7,9,11-12H,1,8,10H2,2H3,(H2,21,23,24,25). The van der Waals surface area contributed by atoms with Crippen molar-refractivity contribution in [1.29, 1.82) is 0 Å². The second-order valence-corrected chi connectivity index (χ2v) is 8.81. The Morgan fingerprint density at radius 2 is 2.16 bits per heavy atom. The van der Waals surface area contributed by atoms with Crippen LogP contribution in [-0.2, 0) is 23.5 Å².